The molecule has 3 N–H and O–H groups in total. The van der Waals surface area contributed by atoms with Crippen molar-refractivity contribution in [2.45, 2.75) is 4.90 Å². The van der Waals surface area contributed by atoms with E-state index in [1.807, 2.05) is 4.72 Å². The van der Waals surface area contributed by atoms with Gasteiger partial charge in [-0.1, -0.05) is 11.6 Å². The van der Waals surface area contributed by atoms with Crippen molar-refractivity contribution in [3.8, 4) is 5.88 Å². The van der Waals surface area contributed by atoms with Crippen molar-refractivity contribution in [2.75, 3.05) is 17.6 Å². The Kier molecular flexibility index (Phi) is 4.14. The lowest BCUT2D eigenvalue weighted by atomic mass is 10.3. The van der Waals surface area contributed by atoms with Gasteiger partial charge in [0.1, 0.15) is 15.9 Å². The van der Waals surface area contributed by atoms with Crippen LogP contribution in [0.25, 0.3) is 0 Å². The summed E-state index contributed by atoms with van der Waals surface area (Å²) in [5.41, 5.74) is 5.47. The average Bonchev–Trinajstić information content (AvgIpc) is 2.36. The van der Waals surface area contributed by atoms with Gasteiger partial charge in [-0.15, -0.1) is 0 Å². The Morgan fingerprint density at radius 3 is 2.67 bits per heavy atom. The maximum atomic E-state index is 13.7. The Balaban J connectivity index is 2.39. The van der Waals surface area contributed by atoms with E-state index in [0.29, 0.717) is 0 Å². The molecule has 2 rings (SSSR count). The van der Waals surface area contributed by atoms with Crippen LogP contribution in [0, 0.1) is 5.82 Å². The lowest BCUT2D eigenvalue weighted by molar-refractivity contribution is 0.397. The molecule has 0 saturated heterocycles. The van der Waals surface area contributed by atoms with Gasteiger partial charge < -0.3 is 10.5 Å². The zero-order chi connectivity index (χ0) is 15.6. The number of nitrogen functional groups attached to an aromatic ring is 1. The van der Waals surface area contributed by atoms with Gasteiger partial charge >= 0.3 is 0 Å². The normalized spacial score (nSPS) is 11.2. The first-order chi connectivity index (χ1) is 9.81. The molecule has 1 heterocycles. The largest absolute Gasteiger partial charge is 0.481 e. The molecule has 0 aliphatic rings. The predicted octanol–water partition coefficient (Wildman–Crippen LogP) is 1.66. The maximum Gasteiger partial charge on any atom is 0.267 e. The van der Waals surface area contributed by atoms with Crippen LogP contribution in [0.15, 0.2) is 29.2 Å². The number of benzene rings is 1. The second-order valence-corrected chi connectivity index (χ2v) is 5.89. The first kappa shape index (κ1) is 15.3. The quantitative estimate of drug-likeness (QED) is 0.651. The van der Waals surface area contributed by atoms with Crippen LogP contribution in [-0.4, -0.2) is 25.5 Å². The molecule has 0 fully saturated rings. The van der Waals surface area contributed by atoms with E-state index in [1.54, 1.807) is 0 Å². The number of nitrogens with two attached hydrogens (primary N) is 1. The molecule has 10 heteroatoms. The van der Waals surface area contributed by atoms with Crippen molar-refractivity contribution in [3.05, 3.63) is 35.2 Å². The highest BCUT2D eigenvalue weighted by Crippen LogP contribution is 2.21. The number of rotatable bonds is 4. The van der Waals surface area contributed by atoms with Crippen LogP contribution in [0.3, 0.4) is 0 Å². The van der Waals surface area contributed by atoms with Gasteiger partial charge in [-0.25, -0.2) is 22.5 Å². The van der Waals surface area contributed by atoms with E-state index in [4.69, 9.17) is 22.1 Å². The van der Waals surface area contributed by atoms with E-state index in [0.717, 1.165) is 12.1 Å². The summed E-state index contributed by atoms with van der Waals surface area (Å²) >= 11 is 5.70. The van der Waals surface area contributed by atoms with Gasteiger partial charge in [-0.05, 0) is 18.2 Å². The van der Waals surface area contributed by atoms with Crippen LogP contribution in [0.5, 0.6) is 5.88 Å². The van der Waals surface area contributed by atoms with Gasteiger partial charge in [0.15, 0.2) is 0 Å². The van der Waals surface area contributed by atoms with Gasteiger partial charge in [-0.2, -0.15) is 4.98 Å². The minimum absolute atomic E-state index is 0.0303. The molecule has 0 radical (unpaired) electrons. The maximum absolute atomic E-state index is 13.7. The number of hydrogen-bond donors (Lipinski definition) is 2. The molecule has 0 bridgehead atoms. The highest BCUT2D eigenvalue weighted by atomic mass is 35.5. The summed E-state index contributed by atoms with van der Waals surface area (Å²) in [5.74, 6) is -1.27. The van der Waals surface area contributed by atoms with Crippen LogP contribution in [0.2, 0.25) is 5.15 Å². The van der Waals surface area contributed by atoms with Crippen LogP contribution in [-0.2, 0) is 10.0 Å². The molecule has 21 heavy (non-hydrogen) atoms. The van der Waals surface area contributed by atoms with Crippen LogP contribution >= 0.6 is 11.6 Å². The third-order valence-corrected chi connectivity index (χ3v) is 3.91. The number of ether oxygens (including phenoxy) is 1. The van der Waals surface area contributed by atoms with Crippen molar-refractivity contribution < 1.29 is 17.5 Å². The van der Waals surface area contributed by atoms with Gasteiger partial charge in [-0.3, -0.25) is 0 Å². The molecule has 2 aromatic rings. The zero-order valence-electron chi connectivity index (χ0n) is 10.7. The lowest BCUT2D eigenvalue weighted by Crippen LogP contribution is -2.17. The zero-order valence-corrected chi connectivity index (χ0v) is 12.2. The number of methoxy groups -OCH3 is 1. The number of sulfonamides is 1. The predicted molar refractivity (Wildman–Crippen MR) is 75.2 cm³/mol. The topological polar surface area (TPSA) is 107 Å². The Labute approximate surface area is 125 Å². The number of anilines is 2. The third kappa shape index (κ3) is 3.50. The average molecular weight is 333 g/mol. The van der Waals surface area contributed by atoms with E-state index >= 15 is 0 Å². The molecule has 1 aromatic heterocycles. The van der Waals surface area contributed by atoms with E-state index in [9.17, 15) is 12.8 Å². The second-order valence-electron chi connectivity index (χ2n) is 3.85. The van der Waals surface area contributed by atoms with Crippen molar-refractivity contribution >= 4 is 33.3 Å². The molecule has 0 aliphatic carbocycles. The number of nitrogens with zero attached hydrogens (tertiary/aromatic N) is 2. The summed E-state index contributed by atoms with van der Waals surface area (Å²) in [7, 11) is -2.89. The van der Waals surface area contributed by atoms with E-state index < -0.39 is 20.7 Å². The minimum atomic E-state index is -4.22. The first-order valence-corrected chi connectivity index (χ1v) is 7.34. The van der Waals surface area contributed by atoms with Crippen molar-refractivity contribution in [2.24, 2.45) is 0 Å². The minimum Gasteiger partial charge on any atom is -0.481 e. The lowest BCUT2D eigenvalue weighted by Gasteiger charge is -2.09. The summed E-state index contributed by atoms with van der Waals surface area (Å²) in [5, 5.41) is -0.0303. The Bertz CT molecular complexity index is 785. The van der Waals surface area contributed by atoms with Crippen molar-refractivity contribution in [1.29, 1.82) is 0 Å². The summed E-state index contributed by atoms with van der Waals surface area (Å²) in [6.07, 6.45) is 0. The SMILES string of the molecule is COc1cc(Cl)nc(NS(=O)(=O)c2ccc(N)cc2F)n1. The summed E-state index contributed by atoms with van der Waals surface area (Å²) < 4.78 is 44.7. The Morgan fingerprint density at radius 1 is 1.33 bits per heavy atom. The van der Waals surface area contributed by atoms with Gasteiger partial charge in [0, 0.05) is 11.8 Å². The van der Waals surface area contributed by atoms with E-state index in [2.05, 4.69) is 9.97 Å². The molecule has 0 aliphatic heterocycles. The molecule has 0 unspecified atom stereocenters. The van der Waals surface area contributed by atoms with E-state index in [1.165, 1.54) is 19.2 Å². The number of hydrogen-bond acceptors (Lipinski definition) is 6. The van der Waals surface area contributed by atoms with Gasteiger partial charge in [0.2, 0.25) is 11.8 Å². The van der Waals surface area contributed by atoms with Crippen molar-refractivity contribution in [3.63, 3.8) is 0 Å². The highest BCUT2D eigenvalue weighted by Gasteiger charge is 2.21. The molecule has 1 aromatic carbocycles. The first-order valence-electron chi connectivity index (χ1n) is 5.48. The second kappa shape index (κ2) is 5.70. The highest BCUT2D eigenvalue weighted by molar-refractivity contribution is 7.92. The fourth-order valence-corrected chi connectivity index (χ4v) is 2.64. The molecule has 0 spiro atoms. The molecule has 0 atom stereocenters. The van der Waals surface area contributed by atoms with Crippen LogP contribution < -0.4 is 15.2 Å². The summed E-state index contributed by atoms with van der Waals surface area (Å²) in [4.78, 5) is 6.85. The third-order valence-electron chi connectivity index (χ3n) is 2.35. The molecule has 112 valence electrons. The van der Waals surface area contributed by atoms with Gasteiger partial charge in [0.05, 0.1) is 7.11 Å². The summed E-state index contributed by atoms with van der Waals surface area (Å²) in [6.45, 7) is 0. The van der Waals surface area contributed by atoms with E-state index in [-0.39, 0.29) is 22.7 Å². The number of nitrogens with one attached hydrogen (secondary N) is 1. The summed E-state index contributed by atoms with van der Waals surface area (Å²) in [6, 6.07) is 4.49. The monoisotopic (exact) mass is 332 g/mol. The van der Waals surface area contributed by atoms with Crippen molar-refractivity contribution in [1.82, 2.24) is 9.97 Å². The number of aromatic nitrogens is 2. The van der Waals surface area contributed by atoms with Gasteiger partial charge in [0.25, 0.3) is 10.0 Å². The standard InChI is InChI=1S/C11H10ClFN4O3S/c1-20-10-5-9(12)15-11(16-10)17-21(18,19)8-3-2-6(14)4-7(8)13/h2-5H,14H2,1H3,(H,15,16,17). The molecule has 7 nitrogen and oxygen atoms in total. The molecule has 0 saturated carbocycles. The fourth-order valence-electron chi connectivity index (χ4n) is 1.46. The molecular formula is C11H10ClFN4O3S. The number of halogens is 2. The molecule has 0 amide bonds. The van der Waals surface area contributed by atoms with Crippen LogP contribution in [0.1, 0.15) is 0 Å². The smallest absolute Gasteiger partial charge is 0.267 e. The fraction of sp³-hybridized carbons (Fsp3) is 0.0909. The Hall–Kier alpha value is -2.13. The Morgan fingerprint density at radius 2 is 2.05 bits per heavy atom. The van der Waals surface area contributed by atoms with Crippen LogP contribution in [0.4, 0.5) is 16.0 Å². The molecular weight excluding hydrogens is 323 g/mol.